The lowest BCUT2D eigenvalue weighted by Gasteiger charge is -2.35. The fraction of sp³-hybridized carbons (Fsp3) is 0.350. The molecular weight excluding hydrogens is 326 g/mol. The smallest absolute Gasteiger partial charge is 0.256 e. The number of hydrazone groups is 1. The van der Waals surface area contributed by atoms with E-state index in [9.17, 15) is 4.79 Å². The van der Waals surface area contributed by atoms with Crippen molar-refractivity contribution in [2.75, 3.05) is 44.2 Å². The van der Waals surface area contributed by atoms with Crippen molar-refractivity contribution >= 4 is 17.4 Å². The first-order valence-corrected chi connectivity index (χ1v) is 9.11. The second kappa shape index (κ2) is 7.66. The first kappa shape index (κ1) is 16.7. The van der Waals surface area contributed by atoms with E-state index in [2.05, 4.69) is 19.9 Å². The number of anilines is 1. The van der Waals surface area contributed by atoms with E-state index in [1.807, 2.05) is 54.7 Å². The molecule has 6 heteroatoms. The van der Waals surface area contributed by atoms with Crippen LogP contribution in [0.25, 0.3) is 0 Å². The first-order chi connectivity index (χ1) is 12.8. The van der Waals surface area contributed by atoms with E-state index in [0.717, 1.165) is 49.7 Å². The number of amides is 1. The van der Waals surface area contributed by atoms with Gasteiger partial charge >= 0.3 is 0 Å². The van der Waals surface area contributed by atoms with Gasteiger partial charge in [0.1, 0.15) is 5.82 Å². The summed E-state index contributed by atoms with van der Waals surface area (Å²) < 4.78 is 0. The number of benzene rings is 1. The summed E-state index contributed by atoms with van der Waals surface area (Å²) in [4.78, 5) is 21.5. The Kier molecular flexibility index (Phi) is 4.93. The fourth-order valence-electron chi connectivity index (χ4n) is 3.42. The Labute approximate surface area is 153 Å². The normalized spacial score (nSPS) is 18.1. The number of nitrogens with zero attached hydrogens (tertiary/aromatic N) is 5. The lowest BCUT2D eigenvalue weighted by Crippen LogP contribution is -2.49. The van der Waals surface area contributed by atoms with Crippen molar-refractivity contribution in [2.45, 2.75) is 6.42 Å². The monoisotopic (exact) mass is 349 g/mol. The van der Waals surface area contributed by atoms with Gasteiger partial charge in [0.2, 0.25) is 0 Å². The molecule has 0 saturated carbocycles. The van der Waals surface area contributed by atoms with E-state index in [4.69, 9.17) is 0 Å². The lowest BCUT2D eigenvalue weighted by atomic mass is 10.1. The molecule has 1 aromatic carbocycles. The topological polar surface area (TPSA) is 52.0 Å². The van der Waals surface area contributed by atoms with Gasteiger partial charge in [0.05, 0.1) is 18.8 Å². The number of hydrogen-bond acceptors (Lipinski definition) is 5. The van der Waals surface area contributed by atoms with Gasteiger partial charge < -0.3 is 4.90 Å². The van der Waals surface area contributed by atoms with Gasteiger partial charge in [-0.05, 0) is 17.7 Å². The molecule has 4 rings (SSSR count). The van der Waals surface area contributed by atoms with Crippen LogP contribution >= 0.6 is 0 Å². The van der Waals surface area contributed by atoms with Crippen molar-refractivity contribution in [3.05, 3.63) is 60.3 Å². The third kappa shape index (κ3) is 3.75. The quantitative estimate of drug-likeness (QED) is 0.845. The van der Waals surface area contributed by atoms with E-state index in [1.54, 1.807) is 5.01 Å². The van der Waals surface area contributed by atoms with Crippen LogP contribution in [0.2, 0.25) is 0 Å². The summed E-state index contributed by atoms with van der Waals surface area (Å²) in [7, 11) is 0. The van der Waals surface area contributed by atoms with Crippen LogP contribution in [-0.2, 0) is 4.79 Å². The summed E-state index contributed by atoms with van der Waals surface area (Å²) in [5.74, 6) is 1.09. The second-order valence-electron chi connectivity index (χ2n) is 6.63. The molecule has 3 heterocycles. The average molecular weight is 349 g/mol. The number of carbonyl (C=O) groups excluding carboxylic acids is 1. The van der Waals surface area contributed by atoms with E-state index in [1.165, 1.54) is 0 Å². The Hall–Kier alpha value is -2.73. The van der Waals surface area contributed by atoms with Crippen molar-refractivity contribution in [1.29, 1.82) is 0 Å². The minimum Gasteiger partial charge on any atom is -0.354 e. The van der Waals surface area contributed by atoms with Gasteiger partial charge in [0.25, 0.3) is 5.91 Å². The van der Waals surface area contributed by atoms with Gasteiger partial charge in [-0.2, -0.15) is 5.10 Å². The zero-order chi connectivity index (χ0) is 17.8. The molecule has 0 unspecified atom stereocenters. The molecule has 1 amide bonds. The van der Waals surface area contributed by atoms with Crippen LogP contribution in [0.15, 0.2) is 59.8 Å². The Bertz CT molecular complexity index is 769. The second-order valence-corrected chi connectivity index (χ2v) is 6.63. The Balaban J connectivity index is 1.30. The van der Waals surface area contributed by atoms with Gasteiger partial charge in [-0.15, -0.1) is 0 Å². The highest BCUT2D eigenvalue weighted by Crippen LogP contribution is 2.15. The Morgan fingerprint density at radius 1 is 0.923 bits per heavy atom. The van der Waals surface area contributed by atoms with Gasteiger partial charge in [-0.1, -0.05) is 36.4 Å². The molecule has 0 atom stereocenters. The van der Waals surface area contributed by atoms with Crippen molar-refractivity contribution in [3.63, 3.8) is 0 Å². The molecule has 1 saturated heterocycles. The molecule has 1 fully saturated rings. The Morgan fingerprint density at radius 3 is 2.42 bits per heavy atom. The van der Waals surface area contributed by atoms with Crippen molar-refractivity contribution in [1.82, 2.24) is 14.9 Å². The molecule has 0 N–H and O–H groups in total. The molecule has 2 aromatic rings. The number of hydrogen-bond donors (Lipinski definition) is 0. The van der Waals surface area contributed by atoms with Crippen molar-refractivity contribution < 1.29 is 4.79 Å². The van der Waals surface area contributed by atoms with Crippen LogP contribution in [0.5, 0.6) is 0 Å². The zero-order valence-electron chi connectivity index (χ0n) is 14.8. The summed E-state index contributed by atoms with van der Waals surface area (Å²) >= 11 is 0. The summed E-state index contributed by atoms with van der Waals surface area (Å²) in [6, 6.07) is 16.1. The highest BCUT2D eigenvalue weighted by Gasteiger charge is 2.25. The van der Waals surface area contributed by atoms with Crippen molar-refractivity contribution in [3.8, 4) is 0 Å². The Morgan fingerprint density at radius 2 is 1.69 bits per heavy atom. The molecule has 2 aliphatic rings. The summed E-state index contributed by atoms with van der Waals surface area (Å²) in [5, 5.41) is 6.17. The number of aromatic nitrogens is 1. The molecule has 0 aliphatic carbocycles. The van der Waals surface area contributed by atoms with E-state index >= 15 is 0 Å². The number of rotatable bonds is 4. The van der Waals surface area contributed by atoms with Crippen LogP contribution in [0, 0.1) is 0 Å². The van der Waals surface area contributed by atoms with Crippen LogP contribution in [0.1, 0.15) is 12.0 Å². The lowest BCUT2D eigenvalue weighted by molar-refractivity contribution is -0.132. The summed E-state index contributed by atoms with van der Waals surface area (Å²) in [5.41, 5.74) is 2.10. The maximum Gasteiger partial charge on any atom is 0.256 e. The SMILES string of the molecule is O=C(CN1CCN(c2ccccn2)CC1)N1CCC(c2ccccc2)=N1. The molecular formula is C20H23N5O. The van der Waals surface area contributed by atoms with Crippen molar-refractivity contribution in [2.24, 2.45) is 5.10 Å². The highest BCUT2D eigenvalue weighted by atomic mass is 16.2. The molecule has 0 spiro atoms. The van der Waals surface area contributed by atoms with Crippen LogP contribution in [0.3, 0.4) is 0 Å². The van der Waals surface area contributed by atoms with E-state index in [-0.39, 0.29) is 5.91 Å². The molecule has 0 radical (unpaired) electrons. The molecule has 2 aliphatic heterocycles. The minimum absolute atomic E-state index is 0.0854. The molecule has 134 valence electrons. The third-order valence-corrected chi connectivity index (χ3v) is 4.90. The fourth-order valence-corrected chi connectivity index (χ4v) is 3.42. The molecule has 6 nitrogen and oxygen atoms in total. The van der Waals surface area contributed by atoms with Gasteiger partial charge in [0.15, 0.2) is 0 Å². The van der Waals surface area contributed by atoms with Crippen LogP contribution in [-0.4, -0.2) is 65.8 Å². The average Bonchev–Trinajstić information content (AvgIpc) is 3.20. The minimum atomic E-state index is 0.0854. The first-order valence-electron chi connectivity index (χ1n) is 9.11. The molecule has 0 bridgehead atoms. The molecule has 26 heavy (non-hydrogen) atoms. The summed E-state index contributed by atoms with van der Waals surface area (Å²) in [6.45, 7) is 4.63. The zero-order valence-corrected chi connectivity index (χ0v) is 14.8. The maximum absolute atomic E-state index is 12.6. The van der Waals surface area contributed by atoms with E-state index < -0.39 is 0 Å². The standard InChI is InChI=1S/C20H23N5O/c26-20(25-11-9-18(22-25)17-6-2-1-3-7-17)16-23-12-14-24(15-13-23)19-8-4-5-10-21-19/h1-8,10H,9,11-16H2. The largest absolute Gasteiger partial charge is 0.354 e. The summed E-state index contributed by atoms with van der Waals surface area (Å²) in [6.07, 6.45) is 2.64. The van der Waals surface area contributed by atoms with Gasteiger partial charge in [-0.3, -0.25) is 9.69 Å². The third-order valence-electron chi connectivity index (χ3n) is 4.90. The predicted octanol–water partition coefficient (Wildman–Crippen LogP) is 1.84. The van der Waals surface area contributed by atoms with Gasteiger partial charge in [0, 0.05) is 38.8 Å². The predicted molar refractivity (Wildman–Crippen MR) is 102 cm³/mol. The van der Waals surface area contributed by atoms with E-state index in [0.29, 0.717) is 13.1 Å². The van der Waals surface area contributed by atoms with Crippen LogP contribution < -0.4 is 4.90 Å². The maximum atomic E-state index is 12.6. The highest BCUT2D eigenvalue weighted by molar-refractivity contribution is 6.02. The number of carbonyl (C=O) groups is 1. The van der Waals surface area contributed by atoms with Gasteiger partial charge in [-0.25, -0.2) is 9.99 Å². The number of pyridine rings is 1. The molecule has 1 aromatic heterocycles. The number of piperazine rings is 1. The van der Waals surface area contributed by atoms with Crippen LogP contribution in [0.4, 0.5) is 5.82 Å².